The van der Waals surface area contributed by atoms with Gasteiger partial charge in [0.25, 0.3) is 0 Å². The van der Waals surface area contributed by atoms with Crippen molar-refractivity contribution < 1.29 is 0 Å². The van der Waals surface area contributed by atoms with Gasteiger partial charge >= 0.3 is 0 Å². The van der Waals surface area contributed by atoms with Crippen LogP contribution in [0.25, 0.3) is 0 Å². The maximum Gasteiger partial charge on any atom is 0.0625 e. The second kappa shape index (κ2) is 6.71. The van der Waals surface area contributed by atoms with Gasteiger partial charge in [-0.2, -0.15) is 5.10 Å². The first kappa shape index (κ1) is 14.8. The molecule has 0 saturated heterocycles. The number of aryl methyl sites for hydroxylation is 3. The molecule has 3 nitrogen and oxygen atoms in total. The van der Waals surface area contributed by atoms with E-state index < -0.39 is 0 Å². The summed E-state index contributed by atoms with van der Waals surface area (Å²) in [4.78, 5) is 0. The second-order valence-electron chi connectivity index (χ2n) is 5.31. The maximum absolute atomic E-state index is 4.59. The van der Waals surface area contributed by atoms with Crippen LogP contribution < -0.4 is 5.32 Å². The number of hydrogen-bond acceptors (Lipinski definition) is 2. The Bertz CT molecular complexity index is 540. The highest BCUT2D eigenvalue weighted by Crippen LogP contribution is 2.14. The number of aromatic nitrogens is 2. The van der Waals surface area contributed by atoms with Crippen molar-refractivity contribution in [3.8, 4) is 0 Å². The van der Waals surface area contributed by atoms with Crippen LogP contribution in [0.4, 0.5) is 0 Å². The molecule has 0 fully saturated rings. The first-order valence-electron chi connectivity index (χ1n) is 7.49. The SMILES string of the molecule is CCc1cc(CNC(C)c2ccc(C)cc2)n(CC)n1. The summed E-state index contributed by atoms with van der Waals surface area (Å²) in [6, 6.07) is 11.3. The fraction of sp³-hybridized carbons (Fsp3) is 0.471. The van der Waals surface area contributed by atoms with E-state index in [0.717, 1.165) is 19.5 Å². The zero-order chi connectivity index (χ0) is 14.5. The average Bonchev–Trinajstić information content (AvgIpc) is 2.88. The molecule has 1 aromatic heterocycles. The largest absolute Gasteiger partial charge is 0.305 e. The molecule has 2 rings (SSSR count). The Balaban J connectivity index is 2.00. The highest BCUT2D eigenvalue weighted by Gasteiger charge is 2.08. The molecule has 1 N–H and O–H groups in total. The number of hydrogen-bond donors (Lipinski definition) is 1. The molecule has 2 aromatic rings. The Labute approximate surface area is 122 Å². The summed E-state index contributed by atoms with van der Waals surface area (Å²) in [5.74, 6) is 0. The lowest BCUT2D eigenvalue weighted by atomic mass is 10.1. The summed E-state index contributed by atoms with van der Waals surface area (Å²) in [6.07, 6.45) is 0.994. The number of nitrogens with zero attached hydrogens (tertiary/aromatic N) is 2. The summed E-state index contributed by atoms with van der Waals surface area (Å²) in [5, 5.41) is 8.17. The van der Waals surface area contributed by atoms with E-state index in [1.807, 2.05) is 0 Å². The van der Waals surface area contributed by atoms with Crippen molar-refractivity contribution in [2.75, 3.05) is 0 Å². The predicted octanol–water partition coefficient (Wildman–Crippen LogP) is 3.62. The van der Waals surface area contributed by atoms with Crippen molar-refractivity contribution >= 4 is 0 Å². The zero-order valence-corrected chi connectivity index (χ0v) is 13.0. The Morgan fingerprint density at radius 2 is 1.90 bits per heavy atom. The minimum absolute atomic E-state index is 0.348. The third-order valence-electron chi connectivity index (χ3n) is 3.74. The van der Waals surface area contributed by atoms with Gasteiger partial charge in [0.05, 0.1) is 11.4 Å². The molecule has 0 aliphatic rings. The summed E-state index contributed by atoms with van der Waals surface area (Å²) >= 11 is 0. The highest BCUT2D eigenvalue weighted by molar-refractivity contribution is 5.23. The van der Waals surface area contributed by atoms with Crippen molar-refractivity contribution in [3.05, 3.63) is 52.8 Å². The molecule has 1 aromatic carbocycles. The topological polar surface area (TPSA) is 29.9 Å². The zero-order valence-electron chi connectivity index (χ0n) is 13.0. The van der Waals surface area contributed by atoms with Gasteiger partial charge < -0.3 is 5.32 Å². The molecule has 0 aliphatic heterocycles. The molecular formula is C17H25N3. The highest BCUT2D eigenvalue weighted by atomic mass is 15.3. The monoisotopic (exact) mass is 271 g/mol. The van der Waals surface area contributed by atoms with Crippen LogP contribution in [0.5, 0.6) is 0 Å². The molecule has 3 heteroatoms. The molecule has 20 heavy (non-hydrogen) atoms. The van der Waals surface area contributed by atoms with E-state index in [9.17, 15) is 0 Å². The third-order valence-corrected chi connectivity index (χ3v) is 3.74. The van der Waals surface area contributed by atoms with E-state index in [0.29, 0.717) is 6.04 Å². The summed E-state index contributed by atoms with van der Waals surface area (Å²) in [6.45, 7) is 10.4. The van der Waals surface area contributed by atoms with Crippen LogP contribution >= 0.6 is 0 Å². The Morgan fingerprint density at radius 3 is 2.50 bits per heavy atom. The van der Waals surface area contributed by atoms with Crippen LogP contribution in [0.3, 0.4) is 0 Å². The molecule has 108 valence electrons. The van der Waals surface area contributed by atoms with Crippen molar-refractivity contribution in [2.24, 2.45) is 0 Å². The Morgan fingerprint density at radius 1 is 1.20 bits per heavy atom. The van der Waals surface area contributed by atoms with Crippen LogP contribution in [-0.2, 0) is 19.5 Å². The molecule has 0 aliphatic carbocycles. The van der Waals surface area contributed by atoms with Gasteiger partial charge in [-0.15, -0.1) is 0 Å². The summed E-state index contributed by atoms with van der Waals surface area (Å²) < 4.78 is 2.09. The first-order chi connectivity index (χ1) is 9.63. The molecule has 0 saturated carbocycles. The normalized spacial score (nSPS) is 12.6. The van der Waals surface area contributed by atoms with Gasteiger partial charge in [-0.25, -0.2) is 0 Å². The molecule has 0 spiro atoms. The van der Waals surface area contributed by atoms with Crippen molar-refractivity contribution in [1.29, 1.82) is 0 Å². The van der Waals surface area contributed by atoms with Gasteiger partial charge in [0.2, 0.25) is 0 Å². The molecule has 1 atom stereocenters. The van der Waals surface area contributed by atoms with E-state index in [1.54, 1.807) is 0 Å². The fourth-order valence-corrected chi connectivity index (χ4v) is 2.33. The van der Waals surface area contributed by atoms with Gasteiger partial charge in [0.1, 0.15) is 0 Å². The molecule has 1 unspecified atom stereocenters. The van der Waals surface area contributed by atoms with Crippen molar-refractivity contribution in [2.45, 2.75) is 53.2 Å². The van der Waals surface area contributed by atoms with Crippen LogP contribution in [0.2, 0.25) is 0 Å². The van der Waals surface area contributed by atoms with Crippen LogP contribution in [0.1, 0.15) is 49.3 Å². The molecule has 0 bridgehead atoms. The van der Waals surface area contributed by atoms with Gasteiger partial charge in [0, 0.05) is 19.1 Å². The molecular weight excluding hydrogens is 246 g/mol. The fourth-order valence-electron chi connectivity index (χ4n) is 2.33. The minimum atomic E-state index is 0.348. The molecule has 0 amide bonds. The first-order valence-corrected chi connectivity index (χ1v) is 7.49. The van der Waals surface area contributed by atoms with Crippen LogP contribution in [0, 0.1) is 6.92 Å². The lowest BCUT2D eigenvalue weighted by Gasteiger charge is -2.15. The smallest absolute Gasteiger partial charge is 0.0625 e. The number of nitrogens with one attached hydrogen (secondary N) is 1. The van der Waals surface area contributed by atoms with Crippen molar-refractivity contribution in [1.82, 2.24) is 15.1 Å². The summed E-state index contributed by atoms with van der Waals surface area (Å²) in [5.41, 5.74) is 5.07. The second-order valence-corrected chi connectivity index (χ2v) is 5.31. The van der Waals surface area contributed by atoms with E-state index in [1.165, 1.54) is 22.5 Å². The quantitative estimate of drug-likeness (QED) is 0.869. The minimum Gasteiger partial charge on any atom is -0.305 e. The van der Waals surface area contributed by atoms with Crippen LogP contribution in [0.15, 0.2) is 30.3 Å². The predicted molar refractivity (Wildman–Crippen MR) is 83.7 cm³/mol. The van der Waals surface area contributed by atoms with Gasteiger partial charge in [-0.05, 0) is 38.8 Å². The van der Waals surface area contributed by atoms with Crippen LogP contribution in [-0.4, -0.2) is 9.78 Å². The van der Waals surface area contributed by atoms with E-state index in [-0.39, 0.29) is 0 Å². The van der Waals surface area contributed by atoms with Crippen molar-refractivity contribution in [3.63, 3.8) is 0 Å². The Kier molecular flexibility index (Phi) is 4.96. The number of rotatable bonds is 6. The maximum atomic E-state index is 4.59. The molecule has 1 heterocycles. The summed E-state index contributed by atoms with van der Waals surface area (Å²) in [7, 11) is 0. The Hall–Kier alpha value is -1.61. The van der Waals surface area contributed by atoms with E-state index in [4.69, 9.17) is 0 Å². The third kappa shape index (κ3) is 3.48. The molecule has 0 radical (unpaired) electrons. The van der Waals surface area contributed by atoms with Gasteiger partial charge in [-0.3, -0.25) is 4.68 Å². The number of benzene rings is 1. The standard InChI is InChI=1S/C17H25N3/c1-5-16-11-17(20(6-2)19-16)12-18-14(4)15-9-7-13(3)8-10-15/h7-11,14,18H,5-6,12H2,1-4H3. The lowest BCUT2D eigenvalue weighted by Crippen LogP contribution is -2.20. The van der Waals surface area contributed by atoms with Gasteiger partial charge in [-0.1, -0.05) is 36.8 Å². The average molecular weight is 271 g/mol. The lowest BCUT2D eigenvalue weighted by molar-refractivity contribution is 0.530. The van der Waals surface area contributed by atoms with E-state index >= 15 is 0 Å². The van der Waals surface area contributed by atoms with E-state index in [2.05, 4.69) is 73.1 Å². The van der Waals surface area contributed by atoms with Gasteiger partial charge in [0.15, 0.2) is 0 Å².